The second-order valence-electron chi connectivity index (χ2n) is 8.81. The Kier molecular flexibility index (Phi) is 4.27. The molecule has 1 saturated carbocycles. The molecule has 0 aromatic rings. The van der Waals surface area contributed by atoms with Crippen LogP contribution in [0.15, 0.2) is 22.8 Å². The molecular weight excluding hydrogens is 288 g/mol. The molecule has 0 spiro atoms. The predicted octanol–water partition coefficient (Wildman–Crippen LogP) is 3.20. The molecule has 0 radical (unpaired) electrons. The lowest BCUT2D eigenvalue weighted by Crippen LogP contribution is -2.35. The third-order valence-corrected chi connectivity index (χ3v) is 7.05. The van der Waals surface area contributed by atoms with Crippen molar-refractivity contribution < 1.29 is 15.3 Å². The fourth-order valence-electron chi connectivity index (χ4n) is 5.76. The molecule has 5 atom stereocenters. The van der Waals surface area contributed by atoms with Crippen LogP contribution in [0, 0.1) is 22.7 Å². The summed E-state index contributed by atoms with van der Waals surface area (Å²) in [5.74, 6) is 0.417. The summed E-state index contributed by atoms with van der Waals surface area (Å²) < 4.78 is 0. The summed E-state index contributed by atoms with van der Waals surface area (Å²) in [5, 5.41) is 31.2. The van der Waals surface area contributed by atoms with Gasteiger partial charge in [0.2, 0.25) is 0 Å². The topological polar surface area (TPSA) is 60.7 Å². The lowest BCUT2D eigenvalue weighted by Gasteiger charge is -2.39. The Labute approximate surface area is 140 Å². The van der Waals surface area contributed by atoms with Gasteiger partial charge in [-0.05, 0) is 71.5 Å². The molecule has 3 heteroatoms. The fourth-order valence-corrected chi connectivity index (χ4v) is 5.76. The second-order valence-corrected chi connectivity index (χ2v) is 8.81. The van der Waals surface area contributed by atoms with Crippen LogP contribution >= 0.6 is 0 Å². The maximum absolute atomic E-state index is 10.7. The highest BCUT2D eigenvalue weighted by atomic mass is 16.3. The van der Waals surface area contributed by atoms with Crippen molar-refractivity contribution in [2.75, 3.05) is 6.61 Å². The van der Waals surface area contributed by atoms with E-state index in [1.54, 1.807) is 0 Å². The Bertz CT molecular complexity index is 547. The maximum atomic E-state index is 10.7. The van der Waals surface area contributed by atoms with Crippen molar-refractivity contribution in [3.63, 3.8) is 0 Å². The minimum atomic E-state index is -0.774. The van der Waals surface area contributed by atoms with Crippen LogP contribution in [0.5, 0.6) is 0 Å². The Morgan fingerprint density at radius 1 is 1.17 bits per heavy atom. The van der Waals surface area contributed by atoms with Crippen molar-refractivity contribution in [2.45, 2.75) is 72.0 Å². The highest BCUT2D eigenvalue weighted by Crippen LogP contribution is 2.59. The first-order valence-corrected chi connectivity index (χ1v) is 9.16. The van der Waals surface area contributed by atoms with Gasteiger partial charge in [0.05, 0.1) is 12.7 Å². The monoisotopic (exact) mass is 320 g/mol. The molecule has 1 fully saturated rings. The molecule has 3 N–H and O–H groups in total. The van der Waals surface area contributed by atoms with E-state index in [0.29, 0.717) is 5.92 Å². The number of fused-ring (bicyclic) bond motifs is 2. The number of aliphatic hydroxyl groups is 3. The maximum Gasteiger partial charge on any atom is 0.102 e. The van der Waals surface area contributed by atoms with E-state index in [0.717, 1.165) is 43.3 Å². The van der Waals surface area contributed by atoms with E-state index < -0.39 is 12.2 Å². The van der Waals surface area contributed by atoms with Crippen molar-refractivity contribution in [1.29, 1.82) is 0 Å². The Morgan fingerprint density at radius 2 is 1.87 bits per heavy atom. The van der Waals surface area contributed by atoms with Crippen LogP contribution in [0.4, 0.5) is 0 Å². The zero-order valence-electron chi connectivity index (χ0n) is 15.0. The van der Waals surface area contributed by atoms with Crippen LogP contribution < -0.4 is 0 Å². The van der Waals surface area contributed by atoms with Crippen LogP contribution in [0.3, 0.4) is 0 Å². The normalized spacial score (nSPS) is 44.0. The van der Waals surface area contributed by atoms with Gasteiger partial charge in [0.15, 0.2) is 0 Å². The summed E-state index contributed by atoms with van der Waals surface area (Å²) in [6.45, 7) is 8.94. The highest BCUT2D eigenvalue weighted by molar-refractivity contribution is 5.44. The van der Waals surface area contributed by atoms with Crippen LogP contribution in [0.25, 0.3) is 0 Å². The molecule has 0 aliphatic heterocycles. The molecule has 23 heavy (non-hydrogen) atoms. The Balaban J connectivity index is 2.16. The summed E-state index contributed by atoms with van der Waals surface area (Å²) in [5.41, 5.74) is 3.31. The molecule has 0 amide bonds. The summed E-state index contributed by atoms with van der Waals surface area (Å²) >= 11 is 0. The van der Waals surface area contributed by atoms with Gasteiger partial charge in [0.1, 0.15) is 6.10 Å². The number of allylic oxidation sites excluding steroid dienone is 2. The molecule has 0 bridgehead atoms. The van der Waals surface area contributed by atoms with Crippen molar-refractivity contribution in [3.05, 3.63) is 22.8 Å². The third kappa shape index (κ3) is 2.43. The Morgan fingerprint density at radius 3 is 2.48 bits per heavy atom. The van der Waals surface area contributed by atoms with Crippen LogP contribution in [-0.4, -0.2) is 34.1 Å². The van der Waals surface area contributed by atoms with Gasteiger partial charge in [-0.3, -0.25) is 0 Å². The van der Waals surface area contributed by atoms with E-state index in [1.807, 2.05) is 0 Å². The molecule has 0 aromatic heterocycles. The van der Waals surface area contributed by atoms with E-state index in [-0.39, 0.29) is 23.4 Å². The van der Waals surface area contributed by atoms with E-state index in [2.05, 4.69) is 33.8 Å². The van der Waals surface area contributed by atoms with Gasteiger partial charge in [-0.25, -0.2) is 0 Å². The molecule has 0 saturated heterocycles. The van der Waals surface area contributed by atoms with E-state index in [1.165, 1.54) is 5.57 Å². The molecule has 0 aromatic carbocycles. The van der Waals surface area contributed by atoms with Gasteiger partial charge >= 0.3 is 0 Å². The first-order valence-electron chi connectivity index (χ1n) is 9.16. The molecule has 3 nitrogen and oxygen atoms in total. The minimum Gasteiger partial charge on any atom is -0.392 e. The molecule has 3 rings (SSSR count). The smallest absolute Gasteiger partial charge is 0.102 e. The van der Waals surface area contributed by atoms with Gasteiger partial charge in [-0.15, -0.1) is 0 Å². The highest BCUT2D eigenvalue weighted by Gasteiger charge is 2.56. The van der Waals surface area contributed by atoms with Crippen LogP contribution in [0.1, 0.15) is 59.8 Å². The largest absolute Gasteiger partial charge is 0.392 e. The lowest BCUT2D eigenvalue weighted by molar-refractivity contribution is -0.00133. The van der Waals surface area contributed by atoms with Gasteiger partial charge in [0.25, 0.3) is 0 Å². The van der Waals surface area contributed by atoms with Crippen LogP contribution in [-0.2, 0) is 0 Å². The van der Waals surface area contributed by atoms with Gasteiger partial charge in [0, 0.05) is 0 Å². The summed E-state index contributed by atoms with van der Waals surface area (Å²) in [6, 6.07) is 0. The number of rotatable bonds is 2. The van der Waals surface area contributed by atoms with Crippen molar-refractivity contribution in [3.8, 4) is 0 Å². The van der Waals surface area contributed by atoms with Crippen molar-refractivity contribution in [1.82, 2.24) is 0 Å². The lowest BCUT2D eigenvalue weighted by atomic mass is 9.66. The standard InChI is InChI=1S/C20H32O3/c1-12(2)16-18(23)17(22)15-10-14-13(11-21)6-5-7-19(14,3)8-9-20(15,16)4/h10,12,16-18,21-23H,5-9,11H2,1-4H3/t16-,17+,18+,19-,20-/m0/s1. The average molecular weight is 320 g/mol. The zero-order valence-corrected chi connectivity index (χ0v) is 15.0. The average Bonchev–Trinajstić information content (AvgIpc) is 2.60. The quantitative estimate of drug-likeness (QED) is 0.732. The minimum absolute atomic E-state index is 0.0886. The summed E-state index contributed by atoms with van der Waals surface area (Å²) in [4.78, 5) is 0. The number of hydrogen-bond donors (Lipinski definition) is 3. The molecule has 130 valence electrons. The summed E-state index contributed by atoms with van der Waals surface area (Å²) in [7, 11) is 0. The first-order chi connectivity index (χ1) is 10.7. The first kappa shape index (κ1) is 17.2. The molecular formula is C20H32O3. The summed E-state index contributed by atoms with van der Waals surface area (Å²) in [6.07, 6.45) is 5.99. The van der Waals surface area contributed by atoms with Gasteiger partial charge < -0.3 is 15.3 Å². The van der Waals surface area contributed by atoms with Crippen molar-refractivity contribution >= 4 is 0 Å². The molecule has 3 aliphatic rings. The molecule has 0 heterocycles. The Hall–Kier alpha value is -0.640. The number of aliphatic hydroxyl groups excluding tert-OH is 3. The van der Waals surface area contributed by atoms with Crippen LogP contribution in [0.2, 0.25) is 0 Å². The fraction of sp³-hybridized carbons (Fsp3) is 0.800. The zero-order chi connectivity index (χ0) is 17.0. The van der Waals surface area contributed by atoms with E-state index in [4.69, 9.17) is 0 Å². The van der Waals surface area contributed by atoms with E-state index >= 15 is 0 Å². The van der Waals surface area contributed by atoms with E-state index in [9.17, 15) is 15.3 Å². The predicted molar refractivity (Wildman–Crippen MR) is 91.8 cm³/mol. The molecule has 3 aliphatic carbocycles. The van der Waals surface area contributed by atoms with Crippen molar-refractivity contribution in [2.24, 2.45) is 22.7 Å². The molecule has 0 unspecified atom stereocenters. The van der Waals surface area contributed by atoms with Gasteiger partial charge in [-0.1, -0.05) is 33.8 Å². The SMILES string of the molecule is CC(C)[C@H]1[C@@H](O)[C@H](O)C2=CC3=C(CO)CCC[C@@]3(C)CC[C@@]21C. The third-order valence-electron chi connectivity index (χ3n) is 7.05. The number of hydrogen-bond acceptors (Lipinski definition) is 3. The van der Waals surface area contributed by atoms with Gasteiger partial charge in [-0.2, -0.15) is 0 Å². The second kappa shape index (κ2) is 5.72.